The van der Waals surface area contributed by atoms with Gasteiger partial charge in [0.25, 0.3) is 0 Å². The summed E-state index contributed by atoms with van der Waals surface area (Å²) < 4.78 is 38.1. The van der Waals surface area contributed by atoms with E-state index in [1.165, 1.54) is 64.2 Å². The average Bonchev–Trinajstić information content (AvgIpc) is 1.69. The molecule has 0 bridgehead atoms. The molecule has 0 aliphatic heterocycles. The van der Waals surface area contributed by atoms with E-state index < -0.39 is 41.3 Å². The van der Waals surface area contributed by atoms with Crippen LogP contribution in [0.25, 0.3) is 11.1 Å². The Balaban J connectivity index is 1.09. The van der Waals surface area contributed by atoms with Gasteiger partial charge < -0.3 is 64.8 Å². The van der Waals surface area contributed by atoms with Gasteiger partial charge >= 0.3 is 24.0 Å². The molecule has 1 aliphatic rings. The Kier molecular flexibility index (Phi) is 38.2. The molecule has 87 heavy (non-hydrogen) atoms. The van der Waals surface area contributed by atoms with Crippen molar-refractivity contribution in [2.45, 2.75) is 218 Å². The number of unbranched alkanes of at least 4 members (excludes halogenated alkanes) is 16. The Labute approximate surface area is 517 Å². The molecule has 0 saturated heterocycles. The zero-order valence-electron chi connectivity index (χ0n) is 53.2. The number of ether oxygens (including phenoxy) is 7. The van der Waals surface area contributed by atoms with E-state index >= 15 is 0 Å². The van der Waals surface area contributed by atoms with Crippen LogP contribution >= 0.6 is 0 Å². The van der Waals surface area contributed by atoms with Crippen LogP contribution in [0.2, 0.25) is 0 Å². The molecule has 2 aromatic rings. The smallest absolute Gasteiger partial charge is 0.407 e. The fourth-order valence-corrected chi connectivity index (χ4v) is 9.81. The zero-order valence-corrected chi connectivity index (χ0v) is 53.2. The third-order valence-electron chi connectivity index (χ3n) is 14.2. The number of carbonyl (C=O) groups excluding carboxylic acids is 7. The number of aliphatic carboxylic acids is 1. The molecule has 0 spiro atoms. The van der Waals surface area contributed by atoms with Gasteiger partial charge in [0.2, 0.25) is 23.6 Å². The summed E-state index contributed by atoms with van der Waals surface area (Å²) in [4.78, 5) is 99.1. The van der Waals surface area contributed by atoms with Crippen molar-refractivity contribution in [1.82, 2.24) is 26.6 Å². The van der Waals surface area contributed by atoms with E-state index in [-0.39, 0.29) is 127 Å². The van der Waals surface area contributed by atoms with Crippen molar-refractivity contribution in [2.75, 3.05) is 79.1 Å². The minimum atomic E-state index is -1.18. The van der Waals surface area contributed by atoms with Crippen LogP contribution in [0.5, 0.6) is 0 Å². The standard InChI is InChI=1S/C66H105N5O16/c1-65(2,3)86-61(76)35-22-20-18-16-14-12-10-8-7-9-11-13-15-17-19-21-34-58(73)70-56(63(79)87-66(4,5)6)36-37-57(72)68-39-41-81-43-46-84-49-60(75)69-40-42-82-44-45-83-48-59(74)67-38-28-27-33-55(62(77)78)71-64(80)85-47-54-52-31-25-23-29-50(52)51-30-24-26-32-53(51)54/h23-26,29-32,54-56H,7-22,27-28,33-49H2,1-6H3,(H,67,74)(H,68,72)(H,69,75)(H,70,73)(H,71,80)(H,77,78)/t55-,56+/m0/s1. The Morgan fingerprint density at radius 1 is 0.448 bits per heavy atom. The monoisotopic (exact) mass is 1220 g/mol. The number of fused-ring (bicyclic) bond motifs is 3. The van der Waals surface area contributed by atoms with Crippen LogP contribution in [0.1, 0.15) is 206 Å². The third-order valence-corrected chi connectivity index (χ3v) is 14.2. The van der Waals surface area contributed by atoms with Crippen molar-refractivity contribution in [2.24, 2.45) is 0 Å². The fraction of sp³-hybridized carbons (Fsp3) is 0.697. The molecule has 3 rings (SSSR count). The maximum atomic E-state index is 13.0. The van der Waals surface area contributed by atoms with Gasteiger partial charge in [0.15, 0.2) is 0 Å². The first kappa shape index (κ1) is 75.1. The largest absolute Gasteiger partial charge is 0.480 e. The average molecular weight is 1220 g/mol. The van der Waals surface area contributed by atoms with Gasteiger partial charge in [-0.1, -0.05) is 138 Å². The van der Waals surface area contributed by atoms with Crippen LogP contribution in [0, 0.1) is 0 Å². The van der Waals surface area contributed by atoms with E-state index in [0.717, 1.165) is 60.8 Å². The second kappa shape index (κ2) is 44.3. The Morgan fingerprint density at radius 3 is 1.39 bits per heavy atom. The molecule has 2 atom stereocenters. The lowest BCUT2D eigenvalue weighted by Gasteiger charge is -2.24. The molecule has 1 aliphatic carbocycles. The number of amides is 5. The maximum Gasteiger partial charge on any atom is 0.407 e. The maximum absolute atomic E-state index is 13.0. The number of nitrogens with one attached hydrogen (secondary N) is 5. The van der Waals surface area contributed by atoms with Gasteiger partial charge in [-0.3, -0.25) is 24.0 Å². The van der Waals surface area contributed by atoms with E-state index in [9.17, 15) is 43.5 Å². The molecule has 0 radical (unpaired) electrons. The van der Waals surface area contributed by atoms with E-state index in [1.807, 2.05) is 69.3 Å². The molecular formula is C66H105N5O16. The number of rotatable bonds is 49. The van der Waals surface area contributed by atoms with Crippen molar-refractivity contribution >= 4 is 47.6 Å². The van der Waals surface area contributed by atoms with Gasteiger partial charge in [-0.05, 0) is 102 Å². The van der Waals surface area contributed by atoms with Crippen molar-refractivity contribution in [3.8, 4) is 11.1 Å². The van der Waals surface area contributed by atoms with Gasteiger partial charge in [-0.15, -0.1) is 0 Å². The number of carbonyl (C=O) groups is 8. The molecule has 21 heteroatoms. The summed E-state index contributed by atoms with van der Waals surface area (Å²) in [6.07, 6.45) is 19.5. The first-order chi connectivity index (χ1) is 41.7. The van der Waals surface area contributed by atoms with Crippen LogP contribution in [0.4, 0.5) is 4.79 Å². The highest BCUT2D eigenvalue weighted by atomic mass is 16.6. The zero-order chi connectivity index (χ0) is 63.6. The molecular weight excluding hydrogens is 1120 g/mol. The lowest BCUT2D eigenvalue weighted by molar-refractivity contribution is -0.159. The lowest BCUT2D eigenvalue weighted by atomic mass is 9.98. The van der Waals surface area contributed by atoms with Crippen LogP contribution in [-0.2, 0) is 66.7 Å². The fourth-order valence-electron chi connectivity index (χ4n) is 9.81. The van der Waals surface area contributed by atoms with Crippen LogP contribution in [0.15, 0.2) is 48.5 Å². The third kappa shape index (κ3) is 36.7. The molecule has 490 valence electrons. The van der Waals surface area contributed by atoms with Gasteiger partial charge in [0.05, 0.1) is 39.6 Å². The first-order valence-electron chi connectivity index (χ1n) is 31.9. The molecule has 0 unspecified atom stereocenters. The number of alkyl carbamates (subject to hydrolysis) is 1. The number of benzene rings is 2. The number of hydrogen-bond acceptors (Lipinski definition) is 15. The molecule has 21 nitrogen and oxygen atoms in total. The Hall–Kier alpha value is -6.16. The van der Waals surface area contributed by atoms with Crippen molar-refractivity contribution in [1.29, 1.82) is 0 Å². The topological polar surface area (TPSA) is 282 Å². The van der Waals surface area contributed by atoms with E-state index in [2.05, 4.69) is 26.6 Å². The quantitative estimate of drug-likeness (QED) is 0.0204. The number of carboxylic acid groups (broad SMARTS) is 1. The molecule has 0 saturated carbocycles. The van der Waals surface area contributed by atoms with Gasteiger partial charge in [-0.25, -0.2) is 14.4 Å². The number of hydrogen-bond donors (Lipinski definition) is 6. The molecule has 0 heterocycles. The molecule has 5 amide bonds. The molecule has 0 aromatic heterocycles. The highest BCUT2D eigenvalue weighted by molar-refractivity contribution is 5.86. The first-order valence-corrected chi connectivity index (χ1v) is 31.9. The lowest BCUT2D eigenvalue weighted by Crippen LogP contribution is -2.44. The summed E-state index contributed by atoms with van der Waals surface area (Å²) in [5, 5.41) is 23.1. The molecule has 6 N–H and O–H groups in total. The SMILES string of the molecule is CC(C)(C)OC(=O)CCCCCCCCCCCCCCCCCCC(=O)N[C@H](CCC(=O)NCCOCCOCC(=O)NCCOCCOCC(=O)NCCCC[C@H](NC(=O)OCC1c2ccccc2-c2ccccc21)C(=O)O)C(=O)OC(C)(C)C. The van der Waals surface area contributed by atoms with Crippen molar-refractivity contribution < 1.29 is 76.6 Å². The van der Waals surface area contributed by atoms with Crippen LogP contribution < -0.4 is 26.6 Å². The minimum absolute atomic E-state index is 0.000480. The number of esters is 2. The van der Waals surface area contributed by atoms with E-state index in [0.29, 0.717) is 32.2 Å². The van der Waals surface area contributed by atoms with E-state index in [1.54, 1.807) is 20.8 Å². The Morgan fingerprint density at radius 2 is 0.897 bits per heavy atom. The van der Waals surface area contributed by atoms with Crippen molar-refractivity contribution in [3.63, 3.8) is 0 Å². The summed E-state index contributed by atoms with van der Waals surface area (Å²) in [6, 6.07) is 13.8. The summed E-state index contributed by atoms with van der Waals surface area (Å²) in [5.41, 5.74) is 3.12. The summed E-state index contributed by atoms with van der Waals surface area (Å²) in [7, 11) is 0. The second-order valence-corrected chi connectivity index (χ2v) is 24.2. The summed E-state index contributed by atoms with van der Waals surface area (Å²) in [5.74, 6) is -3.22. The Bertz CT molecular complexity index is 2290. The predicted molar refractivity (Wildman–Crippen MR) is 332 cm³/mol. The second-order valence-electron chi connectivity index (χ2n) is 24.2. The van der Waals surface area contributed by atoms with Gasteiger partial charge in [0, 0.05) is 44.8 Å². The van der Waals surface area contributed by atoms with Crippen molar-refractivity contribution in [3.05, 3.63) is 59.7 Å². The summed E-state index contributed by atoms with van der Waals surface area (Å²) >= 11 is 0. The van der Waals surface area contributed by atoms with Crippen LogP contribution in [0.3, 0.4) is 0 Å². The number of carboxylic acids is 1. The predicted octanol–water partition coefficient (Wildman–Crippen LogP) is 9.53. The highest BCUT2D eigenvalue weighted by Crippen LogP contribution is 2.44. The minimum Gasteiger partial charge on any atom is -0.480 e. The highest BCUT2D eigenvalue weighted by Gasteiger charge is 2.31. The molecule has 2 aromatic carbocycles. The van der Waals surface area contributed by atoms with Gasteiger partial charge in [0.1, 0.15) is 43.1 Å². The normalized spacial score (nSPS) is 12.7. The van der Waals surface area contributed by atoms with Crippen LogP contribution in [-0.4, -0.2) is 155 Å². The van der Waals surface area contributed by atoms with E-state index in [4.69, 9.17) is 33.2 Å². The summed E-state index contributed by atoms with van der Waals surface area (Å²) in [6.45, 7) is 12.5. The van der Waals surface area contributed by atoms with Gasteiger partial charge in [-0.2, -0.15) is 0 Å². The molecule has 0 fully saturated rings.